The molecule has 1 aliphatic rings. The molecule has 0 saturated carbocycles. The molecule has 0 atom stereocenters. The van der Waals surface area contributed by atoms with Crippen LogP contribution in [0.3, 0.4) is 0 Å². The highest BCUT2D eigenvalue weighted by Crippen LogP contribution is 2.24. The molecule has 1 aliphatic heterocycles. The van der Waals surface area contributed by atoms with E-state index in [2.05, 4.69) is 4.98 Å². The van der Waals surface area contributed by atoms with Gasteiger partial charge in [-0.25, -0.2) is 9.18 Å². The quantitative estimate of drug-likeness (QED) is 0.539. The predicted octanol–water partition coefficient (Wildman–Crippen LogP) is 2.73. The Bertz CT molecular complexity index is 1460. The molecule has 7 nitrogen and oxygen atoms in total. The Morgan fingerprint density at radius 3 is 2.62 bits per heavy atom. The highest BCUT2D eigenvalue weighted by Gasteiger charge is 2.27. The van der Waals surface area contributed by atoms with E-state index in [1.54, 1.807) is 4.90 Å². The predicted molar refractivity (Wildman–Crippen MR) is 120 cm³/mol. The van der Waals surface area contributed by atoms with Crippen molar-refractivity contribution in [2.45, 2.75) is 25.3 Å². The minimum atomic E-state index is -0.526. The van der Waals surface area contributed by atoms with Crippen molar-refractivity contribution in [3.8, 4) is 0 Å². The molecular weight excluding hydrogens is 411 g/mol. The molecular formula is C24H23FN4O3. The van der Waals surface area contributed by atoms with E-state index in [1.807, 2.05) is 42.1 Å². The summed E-state index contributed by atoms with van der Waals surface area (Å²) < 4.78 is 16.8. The van der Waals surface area contributed by atoms with E-state index < -0.39 is 17.1 Å². The largest absolute Gasteiger partial charge is 0.350 e. The number of nitrogens with one attached hydrogen (secondary N) is 1. The van der Waals surface area contributed by atoms with Gasteiger partial charge in [-0.15, -0.1) is 0 Å². The first-order valence-electron chi connectivity index (χ1n) is 10.7. The molecule has 0 bridgehead atoms. The van der Waals surface area contributed by atoms with Crippen LogP contribution in [0.4, 0.5) is 4.39 Å². The van der Waals surface area contributed by atoms with Gasteiger partial charge in [0.15, 0.2) is 0 Å². The van der Waals surface area contributed by atoms with Gasteiger partial charge in [0.25, 0.3) is 5.56 Å². The van der Waals surface area contributed by atoms with Gasteiger partial charge >= 0.3 is 5.69 Å². The molecule has 1 amide bonds. The number of aromatic amines is 1. The summed E-state index contributed by atoms with van der Waals surface area (Å²) >= 11 is 0. The van der Waals surface area contributed by atoms with Gasteiger partial charge in [-0.3, -0.25) is 14.2 Å². The number of carbonyl (C=O) groups excluding carboxylic acids is 1. The maximum Gasteiger partial charge on any atom is 0.329 e. The van der Waals surface area contributed by atoms with Crippen LogP contribution in [0.1, 0.15) is 24.4 Å². The maximum atomic E-state index is 13.6. The number of H-pyrrole nitrogens is 1. The van der Waals surface area contributed by atoms with E-state index in [0.29, 0.717) is 37.9 Å². The first kappa shape index (κ1) is 20.2. The number of aromatic nitrogens is 3. The molecule has 164 valence electrons. The summed E-state index contributed by atoms with van der Waals surface area (Å²) in [6, 6.07) is 11.4. The second-order valence-electron chi connectivity index (χ2n) is 8.37. The number of halogens is 1. The Hall–Kier alpha value is -3.68. The Balaban J connectivity index is 1.33. The normalized spacial score (nSPS) is 15.0. The van der Waals surface area contributed by atoms with E-state index in [0.717, 1.165) is 22.5 Å². The van der Waals surface area contributed by atoms with Crippen LogP contribution in [0.25, 0.3) is 21.8 Å². The number of piperidine rings is 1. The number of benzene rings is 2. The van der Waals surface area contributed by atoms with Gasteiger partial charge in [0, 0.05) is 43.3 Å². The third-order valence-electron chi connectivity index (χ3n) is 6.39. The van der Waals surface area contributed by atoms with E-state index >= 15 is 0 Å². The molecule has 3 heterocycles. The first-order valence-corrected chi connectivity index (χ1v) is 10.7. The molecule has 5 rings (SSSR count). The lowest BCUT2D eigenvalue weighted by molar-refractivity contribution is -0.131. The number of carbonyl (C=O) groups is 1. The van der Waals surface area contributed by atoms with Crippen LogP contribution < -0.4 is 11.2 Å². The minimum Gasteiger partial charge on any atom is -0.350 e. The molecule has 8 heteroatoms. The number of rotatable bonds is 3. The third kappa shape index (κ3) is 3.41. The smallest absolute Gasteiger partial charge is 0.329 e. The fourth-order valence-corrected chi connectivity index (χ4v) is 4.75. The van der Waals surface area contributed by atoms with Crippen LogP contribution in [0, 0.1) is 5.82 Å². The van der Waals surface area contributed by atoms with Crippen molar-refractivity contribution < 1.29 is 9.18 Å². The molecule has 1 N–H and O–H groups in total. The van der Waals surface area contributed by atoms with Crippen LogP contribution >= 0.6 is 0 Å². The highest BCUT2D eigenvalue weighted by molar-refractivity contribution is 5.89. The molecule has 0 spiro atoms. The van der Waals surface area contributed by atoms with Gasteiger partial charge < -0.3 is 14.5 Å². The number of amides is 1. The van der Waals surface area contributed by atoms with Crippen molar-refractivity contribution in [1.82, 2.24) is 19.0 Å². The monoisotopic (exact) mass is 434 g/mol. The maximum absolute atomic E-state index is 13.6. The van der Waals surface area contributed by atoms with Crippen molar-refractivity contribution in [2.75, 3.05) is 13.1 Å². The summed E-state index contributed by atoms with van der Waals surface area (Å²) in [6.07, 6.45) is 3.28. The Morgan fingerprint density at radius 1 is 1.09 bits per heavy atom. The molecule has 0 aliphatic carbocycles. The van der Waals surface area contributed by atoms with Gasteiger partial charge in [0.05, 0.1) is 17.3 Å². The third-order valence-corrected chi connectivity index (χ3v) is 6.39. The van der Waals surface area contributed by atoms with Crippen molar-refractivity contribution >= 4 is 27.7 Å². The number of hydrogen-bond donors (Lipinski definition) is 1. The Kier molecular flexibility index (Phi) is 4.92. The summed E-state index contributed by atoms with van der Waals surface area (Å²) in [5.74, 6) is -0.497. The summed E-state index contributed by atoms with van der Waals surface area (Å²) in [7, 11) is 1.96. The number of likely N-dealkylation sites (tertiary alicyclic amines) is 1. The number of hydrogen-bond acceptors (Lipinski definition) is 3. The summed E-state index contributed by atoms with van der Waals surface area (Å²) in [5.41, 5.74) is 1.39. The van der Waals surface area contributed by atoms with E-state index in [9.17, 15) is 18.8 Å². The van der Waals surface area contributed by atoms with Gasteiger partial charge in [-0.1, -0.05) is 18.2 Å². The van der Waals surface area contributed by atoms with Gasteiger partial charge in [0.1, 0.15) is 5.82 Å². The lowest BCUT2D eigenvalue weighted by atomic mass is 10.0. The lowest BCUT2D eigenvalue weighted by Gasteiger charge is -2.32. The topological polar surface area (TPSA) is 80.1 Å². The fourth-order valence-electron chi connectivity index (χ4n) is 4.75. The average molecular weight is 434 g/mol. The van der Waals surface area contributed by atoms with Gasteiger partial charge in [-0.2, -0.15) is 0 Å². The van der Waals surface area contributed by atoms with Crippen molar-refractivity contribution in [3.05, 3.63) is 80.9 Å². The minimum absolute atomic E-state index is 0.0293. The Morgan fingerprint density at radius 2 is 1.84 bits per heavy atom. The lowest BCUT2D eigenvalue weighted by Crippen LogP contribution is -2.45. The average Bonchev–Trinajstić information content (AvgIpc) is 3.10. The van der Waals surface area contributed by atoms with Crippen molar-refractivity contribution in [3.63, 3.8) is 0 Å². The van der Waals surface area contributed by atoms with Crippen LogP contribution in [0.5, 0.6) is 0 Å². The van der Waals surface area contributed by atoms with Crippen LogP contribution in [-0.4, -0.2) is 38.0 Å². The fraction of sp³-hybridized carbons (Fsp3) is 0.292. The summed E-state index contributed by atoms with van der Waals surface area (Å²) in [4.78, 5) is 42.8. The zero-order valence-corrected chi connectivity index (χ0v) is 17.7. The SMILES string of the molecule is Cn1cc(CC(=O)N2CCC(n3c(=O)[nH]c4ccc(F)cc4c3=O)CC2)c2ccccc21. The number of nitrogens with zero attached hydrogens (tertiary/aromatic N) is 3. The molecule has 2 aromatic carbocycles. The standard InChI is InChI=1S/C24H23FN4O3/c1-27-14-15(18-4-2-3-5-21(18)27)12-22(30)28-10-8-17(9-11-28)29-23(31)19-13-16(25)6-7-20(19)26-24(29)32/h2-7,13-14,17H,8-12H2,1H3,(H,26,32). The van der Waals surface area contributed by atoms with E-state index in [4.69, 9.17) is 0 Å². The molecule has 4 aromatic rings. The molecule has 0 unspecified atom stereocenters. The van der Waals surface area contributed by atoms with Crippen LogP contribution in [0.2, 0.25) is 0 Å². The molecule has 2 aromatic heterocycles. The number of fused-ring (bicyclic) bond motifs is 2. The molecule has 1 fully saturated rings. The zero-order valence-electron chi connectivity index (χ0n) is 17.7. The van der Waals surface area contributed by atoms with E-state index in [1.165, 1.54) is 16.7 Å². The second-order valence-corrected chi connectivity index (χ2v) is 8.37. The molecule has 0 radical (unpaired) electrons. The number of para-hydroxylation sites is 1. The zero-order chi connectivity index (χ0) is 22.4. The van der Waals surface area contributed by atoms with Gasteiger partial charge in [0.2, 0.25) is 5.91 Å². The van der Waals surface area contributed by atoms with Crippen LogP contribution in [0.15, 0.2) is 58.3 Å². The first-order chi connectivity index (χ1) is 15.4. The molecule has 32 heavy (non-hydrogen) atoms. The number of aryl methyl sites for hydroxylation is 1. The van der Waals surface area contributed by atoms with E-state index in [-0.39, 0.29) is 17.3 Å². The molecule has 1 saturated heterocycles. The van der Waals surface area contributed by atoms with Crippen LogP contribution in [-0.2, 0) is 18.3 Å². The second kappa shape index (κ2) is 7.78. The van der Waals surface area contributed by atoms with Crippen molar-refractivity contribution in [1.29, 1.82) is 0 Å². The van der Waals surface area contributed by atoms with Gasteiger partial charge in [-0.05, 0) is 42.7 Å². The Labute approximate surface area is 182 Å². The highest BCUT2D eigenvalue weighted by atomic mass is 19.1. The summed E-state index contributed by atoms with van der Waals surface area (Å²) in [5, 5.41) is 1.22. The van der Waals surface area contributed by atoms with Crippen molar-refractivity contribution in [2.24, 2.45) is 7.05 Å². The summed E-state index contributed by atoms with van der Waals surface area (Å²) in [6.45, 7) is 0.919.